The molecule has 0 aliphatic rings. The summed E-state index contributed by atoms with van der Waals surface area (Å²) < 4.78 is 0. The topological polar surface area (TPSA) is 37.3 Å². The molecule has 0 amide bonds. The summed E-state index contributed by atoms with van der Waals surface area (Å²) >= 11 is 0. The number of hydrogen-bond acceptors (Lipinski definition) is 2. The largest absolute Gasteiger partial charge is 0.508 e. The van der Waals surface area contributed by atoms with Gasteiger partial charge in [0.15, 0.2) is 0 Å². The van der Waals surface area contributed by atoms with Crippen LogP contribution in [0.2, 0.25) is 0 Å². The van der Waals surface area contributed by atoms with Crippen LogP contribution in [0.5, 0.6) is 5.75 Å². The van der Waals surface area contributed by atoms with Gasteiger partial charge in [0, 0.05) is 5.56 Å². The van der Waals surface area contributed by atoms with Crippen molar-refractivity contribution >= 4 is 6.29 Å². The van der Waals surface area contributed by atoms with E-state index in [1.165, 1.54) is 0 Å². The number of carbonyl (C=O) groups is 1. The minimum Gasteiger partial charge on any atom is -0.508 e. The fourth-order valence-corrected chi connectivity index (χ4v) is 1.68. The number of benzene rings is 2. The Kier molecular flexibility index (Phi) is 3.01. The molecular formula is C14H12O2. The van der Waals surface area contributed by atoms with E-state index in [9.17, 15) is 9.90 Å². The van der Waals surface area contributed by atoms with Crippen LogP contribution in [0.4, 0.5) is 0 Å². The van der Waals surface area contributed by atoms with E-state index >= 15 is 0 Å². The van der Waals surface area contributed by atoms with Gasteiger partial charge < -0.3 is 5.11 Å². The third-order valence-corrected chi connectivity index (χ3v) is 2.41. The molecule has 2 heteroatoms. The van der Waals surface area contributed by atoms with E-state index in [1.807, 2.05) is 30.3 Å². The molecule has 0 saturated carbocycles. The lowest BCUT2D eigenvalue weighted by atomic mass is 10.0. The normalized spacial score (nSPS) is 10.0. The second-order valence-electron chi connectivity index (χ2n) is 3.71. The molecule has 0 aliphatic heterocycles. The minimum absolute atomic E-state index is 0.268. The SMILES string of the molecule is O=Cc1cccc(Cc2cccc(O)c2)c1. The van der Waals surface area contributed by atoms with E-state index in [-0.39, 0.29) is 5.75 Å². The van der Waals surface area contributed by atoms with Gasteiger partial charge in [0.05, 0.1) is 0 Å². The fourth-order valence-electron chi connectivity index (χ4n) is 1.68. The maximum Gasteiger partial charge on any atom is 0.150 e. The van der Waals surface area contributed by atoms with Gasteiger partial charge in [-0.05, 0) is 35.7 Å². The van der Waals surface area contributed by atoms with Gasteiger partial charge in [-0.2, -0.15) is 0 Å². The zero-order chi connectivity index (χ0) is 11.4. The Bertz CT molecular complexity index is 504. The monoisotopic (exact) mass is 212 g/mol. The molecule has 1 N–H and O–H groups in total. The Labute approximate surface area is 94.2 Å². The first-order chi connectivity index (χ1) is 7.78. The highest BCUT2D eigenvalue weighted by molar-refractivity contribution is 5.74. The lowest BCUT2D eigenvalue weighted by Gasteiger charge is -2.03. The van der Waals surface area contributed by atoms with Crippen molar-refractivity contribution in [3.63, 3.8) is 0 Å². The Hall–Kier alpha value is -2.09. The molecule has 80 valence electrons. The summed E-state index contributed by atoms with van der Waals surface area (Å²) in [5.74, 6) is 0.268. The number of hydrogen-bond donors (Lipinski definition) is 1. The average molecular weight is 212 g/mol. The van der Waals surface area contributed by atoms with Crippen LogP contribution in [0.15, 0.2) is 48.5 Å². The second kappa shape index (κ2) is 4.62. The van der Waals surface area contributed by atoms with Crippen molar-refractivity contribution in [1.82, 2.24) is 0 Å². The molecule has 0 fully saturated rings. The standard InChI is InChI=1S/C14H12O2/c15-10-13-5-1-3-11(8-13)7-12-4-2-6-14(16)9-12/h1-6,8-10,16H,7H2. The molecule has 0 aliphatic carbocycles. The van der Waals surface area contributed by atoms with Gasteiger partial charge in [0.1, 0.15) is 12.0 Å². The number of phenols is 1. The molecule has 2 rings (SSSR count). The number of phenolic OH excluding ortho intramolecular Hbond substituents is 1. The molecule has 16 heavy (non-hydrogen) atoms. The third kappa shape index (κ3) is 2.48. The molecule has 0 atom stereocenters. The Morgan fingerprint density at radius 3 is 2.38 bits per heavy atom. The lowest BCUT2D eigenvalue weighted by Crippen LogP contribution is -1.89. The molecule has 0 saturated heterocycles. The molecule has 2 aromatic rings. The lowest BCUT2D eigenvalue weighted by molar-refractivity contribution is 0.112. The Morgan fingerprint density at radius 1 is 1.00 bits per heavy atom. The maximum atomic E-state index is 10.6. The Morgan fingerprint density at radius 2 is 1.69 bits per heavy atom. The van der Waals surface area contributed by atoms with Gasteiger partial charge in [-0.15, -0.1) is 0 Å². The molecule has 0 heterocycles. The maximum absolute atomic E-state index is 10.6. The van der Waals surface area contributed by atoms with Gasteiger partial charge in [0.25, 0.3) is 0 Å². The Balaban J connectivity index is 2.23. The molecular weight excluding hydrogens is 200 g/mol. The van der Waals surface area contributed by atoms with Gasteiger partial charge in [-0.25, -0.2) is 0 Å². The van der Waals surface area contributed by atoms with Crippen LogP contribution in [0, 0.1) is 0 Å². The first-order valence-corrected chi connectivity index (χ1v) is 5.10. The zero-order valence-corrected chi connectivity index (χ0v) is 8.76. The minimum atomic E-state index is 0.268. The predicted octanol–water partition coefficient (Wildman–Crippen LogP) is 2.80. The van der Waals surface area contributed by atoms with Gasteiger partial charge >= 0.3 is 0 Å². The number of carbonyl (C=O) groups excluding carboxylic acids is 1. The highest BCUT2D eigenvalue weighted by atomic mass is 16.3. The summed E-state index contributed by atoms with van der Waals surface area (Å²) in [5, 5.41) is 9.34. The van der Waals surface area contributed by atoms with E-state index in [0.717, 1.165) is 23.8 Å². The number of aromatic hydroxyl groups is 1. The first-order valence-electron chi connectivity index (χ1n) is 5.10. The third-order valence-electron chi connectivity index (χ3n) is 2.41. The van der Waals surface area contributed by atoms with Crippen molar-refractivity contribution in [1.29, 1.82) is 0 Å². The smallest absolute Gasteiger partial charge is 0.150 e. The van der Waals surface area contributed by atoms with Crippen molar-refractivity contribution in [3.05, 3.63) is 65.2 Å². The van der Waals surface area contributed by atoms with E-state index in [4.69, 9.17) is 0 Å². The van der Waals surface area contributed by atoms with Crippen molar-refractivity contribution in [2.45, 2.75) is 6.42 Å². The predicted molar refractivity (Wildman–Crippen MR) is 62.7 cm³/mol. The second-order valence-corrected chi connectivity index (χ2v) is 3.71. The van der Waals surface area contributed by atoms with E-state index in [0.29, 0.717) is 5.56 Å². The molecule has 0 bridgehead atoms. The van der Waals surface area contributed by atoms with Crippen molar-refractivity contribution < 1.29 is 9.90 Å². The summed E-state index contributed by atoms with van der Waals surface area (Å²) in [6.45, 7) is 0. The van der Waals surface area contributed by atoms with Gasteiger partial charge in [-0.3, -0.25) is 4.79 Å². The molecule has 0 aromatic heterocycles. The van der Waals surface area contributed by atoms with Crippen molar-refractivity contribution in [3.8, 4) is 5.75 Å². The van der Waals surface area contributed by atoms with Crippen LogP contribution < -0.4 is 0 Å². The quantitative estimate of drug-likeness (QED) is 0.794. The number of aldehydes is 1. The first kappa shape index (κ1) is 10.4. The van der Waals surface area contributed by atoms with Crippen molar-refractivity contribution in [2.24, 2.45) is 0 Å². The van der Waals surface area contributed by atoms with Crippen LogP contribution >= 0.6 is 0 Å². The zero-order valence-electron chi connectivity index (χ0n) is 8.76. The highest BCUT2D eigenvalue weighted by Crippen LogP contribution is 2.15. The highest BCUT2D eigenvalue weighted by Gasteiger charge is 1.98. The van der Waals surface area contributed by atoms with Gasteiger partial charge in [0.2, 0.25) is 0 Å². The fraction of sp³-hybridized carbons (Fsp3) is 0.0714. The molecule has 0 unspecified atom stereocenters. The van der Waals surface area contributed by atoms with Crippen LogP contribution in [0.3, 0.4) is 0 Å². The average Bonchev–Trinajstić information content (AvgIpc) is 2.29. The van der Waals surface area contributed by atoms with Crippen LogP contribution in [0.25, 0.3) is 0 Å². The summed E-state index contributed by atoms with van der Waals surface area (Å²) in [4.78, 5) is 10.6. The summed E-state index contributed by atoms with van der Waals surface area (Å²) in [5.41, 5.74) is 2.77. The summed E-state index contributed by atoms with van der Waals surface area (Å²) in [6, 6.07) is 14.6. The summed E-state index contributed by atoms with van der Waals surface area (Å²) in [7, 11) is 0. The molecule has 0 spiro atoms. The molecule has 2 aromatic carbocycles. The summed E-state index contributed by atoms with van der Waals surface area (Å²) in [6.07, 6.45) is 1.56. The van der Waals surface area contributed by atoms with E-state index in [1.54, 1.807) is 18.2 Å². The van der Waals surface area contributed by atoms with Crippen LogP contribution in [-0.2, 0) is 6.42 Å². The molecule has 2 nitrogen and oxygen atoms in total. The van der Waals surface area contributed by atoms with Crippen molar-refractivity contribution in [2.75, 3.05) is 0 Å². The van der Waals surface area contributed by atoms with Gasteiger partial charge in [-0.1, -0.05) is 30.3 Å². The van der Waals surface area contributed by atoms with Crippen LogP contribution in [-0.4, -0.2) is 11.4 Å². The van der Waals surface area contributed by atoms with E-state index in [2.05, 4.69) is 0 Å². The molecule has 0 radical (unpaired) electrons. The number of rotatable bonds is 3. The van der Waals surface area contributed by atoms with E-state index < -0.39 is 0 Å². The van der Waals surface area contributed by atoms with Crippen LogP contribution in [0.1, 0.15) is 21.5 Å².